The summed E-state index contributed by atoms with van der Waals surface area (Å²) in [7, 11) is 0. The third-order valence-corrected chi connectivity index (χ3v) is 11.0. The molecule has 2 saturated heterocycles. The number of nitrogens with zero attached hydrogens (tertiary/aromatic N) is 5. The van der Waals surface area contributed by atoms with Gasteiger partial charge in [-0.05, 0) is 54.0 Å². The number of benzene rings is 3. The number of anilines is 1. The number of fused-ring (bicyclic) bond motifs is 2. The highest BCUT2D eigenvalue weighted by atomic mass is 32.7. The molecule has 0 bridgehead atoms. The summed E-state index contributed by atoms with van der Waals surface area (Å²) in [6.45, 7) is -3.63. The van der Waals surface area contributed by atoms with E-state index in [0.717, 1.165) is 16.3 Å². The molecule has 0 radical (unpaired) electrons. The van der Waals surface area contributed by atoms with Crippen molar-refractivity contribution in [2.75, 3.05) is 17.8 Å². The van der Waals surface area contributed by atoms with Gasteiger partial charge in [-0.25, -0.2) is 29.2 Å². The van der Waals surface area contributed by atoms with Crippen molar-refractivity contribution in [3.8, 4) is 0 Å². The highest BCUT2D eigenvalue weighted by Crippen LogP contribution is 2.64. The predicted octanol–water partition coefficient (Wildman–Crippen LogP) is 5.32. The quantitative estimate of drug-likeness (QED) is 0.125. The molecule has 0 saturated carbocycles. The summed E-state index contributed by atoms with van der Waals surface area (Å²) in [6.07, 6.45) is 0.313. The number of ether oxygens (including phenoxy) is 2. The van der Waals surface area contributed by atoms with E-state index in [4.69, 9.17) is 18.5 Å². The molecule has 2 aliphatic heterocycles. The Morgan fingerprint density at radius 3 is 2.06 bits per heavy atom. The van der Waals surface area contributed by atoms with E-state index in [1.165, 1.54) is 17.2 Å². The summed E-state index contributed by atoms with van der Waals surface area (Å²) < 4.78 is 38.3. The minimum Gasteiger partial charge on any atom is -0.451 e. The lowest BCUT2D eigenvalue weighted by Gasteiger charge is -2.31. The highest BCUT2D eigenvalue weighted by Gasteiger charge is 2.55. The molecule has 0 N–H and O–H groups in total. The number of aromatic nitrogens is 4. The average molecular weight is 672 g/mol. The molecule has 47 heavy (non-hydrogen) atoms. The highest BCUT2D eigenvalue weighted by molar-refractivity contribution is 8.54. The molecule has 0 aliphatic carbocycles. The maximum atomic E-state index is 13.9. The first-order chi connectivity index (χ1) is 22.9. The summed E-state index contributed by atoms with van der Waals surface area (Å²) >= 11 is 0.928. The van der Waals surface area contributed by atoms with Crippen LogP contribution in [0.5, 0.6) is 0 Å². The lowest BCUT2D eigenvalue weighted by molar-refractivity contribution is -0.0580. The van der Waals surface area contributed by atoms with Gasteiger partial charge in [0.2, 0.25) is 0 Å². The van der Waals surface area contributed by atoms with Gasteiger partial charge in [0.25, 0.3) is 11.8 Å². The van der Waals surface area contributed by atoms with Crippen LogP contribution in [0.25, 0.3) is 11.2 Å². The second-order valence-electron chi connectivity index (χ2n) is 10.5. The van der Waals surface area contributed by atoms with E-state index in [9.17, 15) is 18.9 Å². The summed E-state index contributed by atoms with van der Waals surface area (Å²) in [5.41, 5.74) is 1.10. The molecule has 3 aromatic carbocycles. The van der Waals surface area contributed by atoms with Gasteiger partial charge in [0.1, 0.15) is 18.5 Å². The second kappa shape index (κ2) is 12.8. The number of hydrogen-bond donors (Lipinski definition) is 0. The van der Waals surface area contributed by atoms with Crippen LogP contribution in [0.2, 0.25) is 0 Å². The van der Waals surface area contributed by atoms with Crippen molar-refractivity contribution in [3.05, 3.63) is 120 Å². The van der Waals surface area contributed by atoms with Crippen LogP contribution >= 0.6 is 18.2 Å². The minimum absolute atomic E-state index is 0.0591. The molecule has 0 spiro atoms. The maximum absolute atomic E-state index is 13.9. The molecular formula is C32H26N5O8PS. The Morgan fingerprint density at radius 2 is 1.47 bits per heavy atom. The normalized spacial score (nSPS) is 23.6. The van der Waals surface area contributed by atoms with Crippen molar-refractivity contribution < 1.29 is 37.5 Å². The molecule has 238 valence electrons. The molecule has 4 heterocycles. The lowest BCUT2D eigenvalue weighted by Crippen LogP contribution is -2.41. The zero-order chi connectivity index (χ0) is 32.5. The Kier molecular flexibility index (Phi) is 8.43. The fraction of sp³-hybridized carbons (Fsp3) is 0.188. The summed E-state index contributed by atoms with van der Waals surface area (Å²) in [5.74, 6) is -1.95. The number of carbonyl (C=O) groups is 3. The van der Waals surface area contributed by atoms with Crippen molar-refractivity contribution in [1.82, 2.24) is 19.5 Å². The van der Waals surface area contributed by atoms with E-state index in [0.29, 0.717) is 5.56 Å². The Hall–Kier alpha value is -4.72. The molecule has 5 unspecified atom stereocenters. The van der Waals surface area contributed by atoms with E-state index < -0.39 is 49.1 Å². The van der Waals surface area contributed by atoms with Gasteiger partial charge in [0, 0.05) is 11.1 Å². The van der Waals surface area contributed by atoms with Gasteiger partial charge in [-0.3, -0.25) is 23.2 Å². The number of rotatable bonds is 7. The van der Waals surface area contributed by atoms with Crippen LogP contribution in [-0.2, 0) is 23.1 Å². The van der Waals surface area contributed by atoms with Crippen LogP contribution in [0.1, 0.15) is 37.3 Å². The van der Waals surface area contributed by atoms with Crippen LogP contribution in [0.3, 0.4) is 0 Å². The van der Waals surface area contributed by atoms with E-state index in [1.54, 1.807) is 97.3 Å². The van der Waals surface area contributed by atoms with Gasteiger partial charge >= 0.3 is 12.8 Å². The Morgan fingerprint density at radius 1 is 0.872 bits per heavy atom. The Labute approximate surface area is 272 Å². The molecule has 15 heteroatoms. The Bertz CT molecular complexity index is 1950. The molecule has 2 aliphatic rings. The summed E-state index contributed by atoms with van der Waals surface area (Å²) in [4.78, 5) is 55.3. The molecular weight excluding hydrogens is 645 g/mol. The van der Waals surface area contributed by atoms with Crippen molar-refractivity contribution in [3.63, 3.8) is 0 Å². The molecule has 2 fully saturated rings. The third kappa shape index (κ3) is 5.86. The molecule has 13 nitrogen and oxygen atoms in total. The van der Waals surface area contributed by atoms with Crippen LogP contribution in [0, 0.1) is 0 Å². The van der Waals surface area contributed by atoms with E-state index in [2.05, 4.69) is 15.0 Å². The van der Waals surface area contributed by atoms with Gasteiger partial charge in [-0.15, -0.1) is 0 Å². The maximum Gasteiger partial charge on any atom is 0.389 e. The number of hydrogen-bond acceptors (Lipinski definition) is 12. The van der Waals surface area contributed by atoms with Crippen LogP contribution in [0.15, 0.2) is 104 Å². The topological polar surface area (TPSA) is 152 Å². The lowest BCUT2D eigenvalue weighted by atomic mass is 10.1. The van der Waals surface area contributed by atoms with Crippen molar-refractivity contribution >= 4 is 52.9 Å². The number of carbonyl (C=O) groups excluding carboxylic acids is 3. The van der Waals surface area contributed by atoms with Gasteiger partial charge in [-0.2, -0.15) is 0 Å². The SMILES string of the molecule is CSP1(=O)OCC2OC(n3cnc4c(N(C(=O)c5ccccc5)C(=O)c5ccccc5)ncnc43)C(OC(=O)c3ccccc3)C2O1. The third-order valence-electron chi connectivity index (χ3n) is 7.68. The van der Waals surface area contributed by atoms with Crippen LogP contribution < -0.4 is 4.90 Å². The second-order valence-corrected chi connectivity index (χ2v) is 14.7. The van der Waals surface area contributed by atoms with Crippen LogP contribution in [0.4, 0.5) is 5.82 Å². The monoisotopic (exact) mass is 671 g/mol. The number of amides is 2. The van der Waals surface area contributed by atoms with Crippen molar-refractivity contribution in [2.24, 2.45) is 0 Å². The first kappa shape index (κ1) is 30.9. The molecule has 5 aromatic rings. The first-order valence-electron chi connectivity index (χ1n) is 14.4. The van der Waals surface area contributed by atoms with Crippen LogP contribution in [-0.4, -0.2) is 68.5 Å². The molecule has 5 atom stereocenters. The Balaban J connectivity index is 1.31. The van der Waals surface area contributed by atoms with E-state index in [1.807, 2.05) is 0 Å². The smallest absolute Gasteiger partial charge is 0.389 e. The summed E-state index contributed by atoms with van der Waals surface area (Å²) in [6, 6.07) is 25.1. The number of esters is 1. The first-order valence-corrected chi connectivity index (χ1v) is 17.8. The van der Waals surface area contributed by atoms with Gasteiger partial charge < -0.3 is 9.47 Å². The minimum atomic E-state index is -3.56. The average Bonchev–Trinajstić information content (AvgIpc) is 3.70. The zero-order valence-electron chi connectivity index (χ0n) is 24.7. The zero-order valence-corrected chi connectivity index (χ0v) is 26.4. The van der Waals surface area contributed by atoms with Gasteiger partial charge in [-0.1, -0.05) is 54.6 Å². The predicted molar refractivity (Wildman–Crippen MR) is 171 cm³/mol. The molecule has 2 aromatic heterocycles. The van der Waals surface area contributed by atoms with E-state index in [-0.39, 0.29) is 34.7 Å². The van der Waals surface area contributed by atoms with Crippen molar-refractivity contribution in [1.29, 1.82) is 0 Å². The fourth-order valence-corrected chi connectivity index (χ4v) is 7.61. The number of imidazole rings is 1. The van der Waals surface area contributed by atoms with Gasteiger partial charge in [0.05, 0.1) is 18.5 Å². The van der Waals surface area contributed by atoms with Crippen molar-refractivity contribution in [2.45, 2.75) is 24.5 Å². The van der Waals surface area contributed by atoms with E-state index >= 15 is 0 Å². The van der Waals surface area contributed by atoms with Gasteiger partial charge in [0.15, 0.2) is 29.3 Å². The number of imide groups is 1. The molecule has 7 rings (SSSR count). The standard InChI is InChI=1S/C32H26N5O8PS/c1-47-46(41)42-17-23-25(45-46)26(44-32(40)22-15-9-4-10-16-22)31(43-23)36-19-35-24-27(36)33-18-34-28(24)37(29(38)20-11-5-2-6-12-20)30(39)21-13-7-3-8-14-21/h2-16,18-19,23,25-26,31H,17H2,1H3. The largest absolute Gasteiger partial charge is 0.451 e. The summed E-state index contributed by atoms with van der Waals surface area (Å²) in [5, 5.41) is 0. The molecule has 2 amide bonds. The fourth-order valence-electron chi connectivity index (χ4n) is 5.42.